The van der Waals surface area contributed by atoms with Crippen LogP contribution in [0.25, 0.3) is 0 Å². The first kappa shape index (κ1) is 16.9. The third-order valence-electron chi connectivity index (χ3n) is 4.09. The maximum Gasteiger partial charge on any atom is 0.305 e. The van der Waals surface area contributed by atoms with Gasteiger partial charge in [-0.2, -0.15) is 5.10 Å². The molecule has 1 atom stereocenters. The molecule has 2 aromatic heterocycles. The van der Waals surface area contributed by atoms with E-state index in [1.54, 1.807) is 4.68 Å². The van der Waals surface area contributed by atoms with E-state index in [0.29, 0.717) is 24.0 Å². The highest BCUT2D eigenvalue weighted by Gasteiger charge is 2.32. The van der Waals surface area contributed by atoms with Crippen LogP contribution < -0.4 is 4.90 Å². The average Bonchev–Trinajstić information content (AvgIpc) is 3.17. The fourth-order valence-corrected chi connectivity index (χ4v) is 5.05. The van der Waals surface area contributed by atoms with E-state index in [0.717, 1.165) is 36.0 Å². The summed E-state index contributed by atoms with van der Waals surface area (Å²) in [4.78, 5) is 12.7. The molecule has 0 saturated carbocycles. The van der Waals surface area contributed by atoms with E-state index < -0.39 is 14.8 Å². The summed E-state index contributed by atoms with van der Waals surface area (Å²) in [5.41, 5.74) is 1.02. The van der Waals surface area contributed by atoms with Crippen molar-refractivity contribution in [2.75, 3.05) is 24.2 Å². The second kappa shape index (κ2) is 6.17. The number of thiophene rings is 1. The third-order valence-corrected chi connectivity index (χ3v) is 7.08. The number of hydrogen-bond donors (Lipinski definition) is 0. The summed E-state index contributed by atoms with van der Waals surface area (Å²) in [6, 6.07) is 1.17. The molecule has 0 N–H and O–H groups in total. The van der Waals surface area contributed by atoms with Crippen LogP contribution in [0.15, 0.2) is 22.7 Å². The first-order chi connectivity index (χ1) is 11.2. The minimum absolute atomic E-state index is 0.0416. The predicted molar refractivity (Wildman–Crippen MR) is 91.3 cm³/mol. The van der Waals surface area contributed by atoms with Gasteiger partial charge in [0, 0.05) is 38.7 Å². The van der Waals surface area contributed by atoms with Crippen molar-refractivity contribution in [1.29, 1.82) is 0 Å². The molecule has 2 aromatic rings. The van der Waals surface area contributed by atoms with Crippen molar-refractivity contribution in [2.24, 2.45) is 13.0 Å². The maximum atomic E-state index is 11.7. The van der Waals surface area contributed by atoms with Crippen LogP contribution in [0.4, 0.5) is 10.7 Å². The van der Waals surface area contributed by atoms with Crippen molar-refractivity contribution in [2.45, 2.75) is 17.1 Å². The highest BCUT2D eigenvalue weighted by atomic mass is 32.2. The molecule has 1 aliphatic rings. The van der Waals surface area contributed by atoms with Crippen molar-refractivity contribution in [3.8, 4) is 0 Å². The normalized spacial score (nSPS) is 18.2. The van der Waals surface area contributed by atoms with Crippen LogP contribution >= 0.6 is 11.3 Å². The van der Waals surface area contributed by atoms with Crippen LogP contribution in [0, 0.1) is 16.0 Å². The molecule has 10 heteroatoms. The Bertz CT molecular complexity index is 871. The van der Waals surface area contributed by atoms with Crippen LogP contribution in [0.3, 0.4) is 0 Å². The van der Waals surface area contributed by atoms with Crippen LogP contribution in [0.5, 0.6) is 0 Å². The van der Waals surface area contributed by atoms with Crippen molar-refractivity contribution in [3.63, 3.8) is 0 Å². The molecule has 0 aromatic carbocycles. The van der Waals surface area contributed by atoms with E-state index in [-0.39, 0.29) is 9.90 Å². The van der Waals surface area contributed by atoms with E-state index in [9.17, 15) is 18.5 Å². The van der Waals surface area contributed by atoms with E-state index >= 15 is 0 Å². The Kier molecular flexibility index (Phi) is 4.35. The summed E-state index contributed by atoms with van der Waals surface area (Å²) in [6.07, 6.45) is 6.65. The molecule has 1 unspecified atom stereocenters. The number of aryl methyl sites for hydroxylation is 1. The molecule has 0 radical (unpaired) electrons. The zero-order chi connectivity index (χ0) is 17.5. The van der Waals surface area contributed by atoms with Gasteiger partial charge >= 0.3 is 5.69 Å². The Labute approximate surface area is 143 Å². The lowest BCUT2D eigenvalue weighted by molar-refractivity contribution is -0.383. The van der Waals surface area contributed by atoms with Gasteiger partial charge in [0.25, 0.3) is 0 Å². The molecule has 1 fully saturated rings. The summed E-state index contributed by atoms with van der Waals surface area (Å²) in [6.45, 7) is 1.37. The largest absolute Gasteiger partial charge is 0.357 e. The standard InChI is InChI=1S/C14H18N4O4S2/c1-16-8-11(7-15-16)5-10-3-4-17(9-10)14-12(18(19)20)6-13(23-14)24(2,21)22/h6-8,10H,3-5,9H2,1-2H3. The molecule has 8 nitrogen and oxygen atoms in total. The molecule has 0 aliphatic carbocycles. The smallest absolute Gasteiger partial charge is 0.305 e. The number of sulfone groups is 1. The summed E-state index contributed by atoms with van der Waals surface area (Å²) in [7, 11) is -1.58. The Morgan fingerprint density at radius 3 is 2.83 bits per heavy atom. The molecule has 24 heavy (non-hydrogen) atoms. The van der Waals surface area contributed by atoms with Crippen LogP contribution in [0.2, 0.25) is 0 Å². The molecule has 0 spiro atoms. The van der Waals surface area contributed by atoms with E-state index in [2.05, 4.69) is 5.10 Å². The molecule has 3 rings (SSSR count). The van der Waals surface area contributed by atoms with E-state index in [1.807, 2.05) is 24.3 Å². The monoisotopic (exact) mass is 370 g/mol. The first-order valence-electron chi connectivity index (χ1n) is 7.45. The van der Waals surface area contributed by atoms with Crippen molar-refractivity contribution in [3.05, 3.63) is 34.1 Å². The lowest BCUT2D eigenvalue weighted by atomic mass is 10.0. The predicted octanol–water partition coefficient (Wildman–Crippen LogP) is 1.86. The quantitative estimate of drug-likeness (QED) is 0.588. The van der Waals surface area contributed by atoms with Gasteiger partial charge in [-0.05, 0) is 24.3 Å². The van der Waals surface area contributed by atoms with Gasteiger partial charge in [0.05, 0.1) is 11.1 Å². The molecule has 1 aliphatic heterocycles. The average molecular weight is 370 g/mol. The Hall–Kier alpha value is -1.94. The second-order valence-corrected chi connectivity index (χ2v) is 9.39. The van der Waals surface area contributed by atoms with E-state index in [1.165, 1.54) is 6.07 Å². The van der Waals surface area contributed by atoms with Crippen LogP contribution in [0.1, 0.15) is 12.0 Å². The number of nitro groups is 1. The van der Waals surface area contributed by atoms with Gasteiger partial charge in [0.2, 0.25) is 0 Å². The van der Waals surface area contributed by atoms with Gasteiger partial charge < -0.3 is 4.90 Å². The Morgan fingerprint density at radius 1 is 1.50 bits per heavy atom. The van der Waals surface area contributed by atoms with Gasteiger partial charge in [-0.15, -0.1) is 0 Å². The highest BCUT2D eigenvalue weighted by molar-refractivity contribution is 7.92. The lowest BCUT2D eigenvalue weighted by Crippen LogP contribution is -2.19. The van der Waals surface area contributed by atoms with Gasteiger partial charge in [-0.1, -0.05) is 11.3 Å². The summed E-state index contributed by atoms with van der Waals surface area (Å²) in [5.74, 6) is 0.373. The maximum absolute atomic E-state index is 11.7. The molecule has 0 amide bonds. The van der Waals surface area contributed by atoms with E-state index in [4.69, 9.17) is 0 Å². The minimum Gasteiger partial charge on any atom is -0.357 e. The number of hydrogen-bond acceptors (Lipinski definition) is 7. The summed E-state index contributed by atoms with van der Waals surface area (Å²) in [5, 5.41) is 15.9. The van der Waals surface area contributed by atoms with Gasteiger partial charge in [-0.3, -0.25) is 14.8 Å². The Morgan fingerprint density at radius 2 is 2.25 bits per heavy atom. The fraction of sp³-hybridized carbons (Fsp3) is 0.500. The molecule has 130 valence electrons. The lowest BCUT2D eigenvalue weighted by Gasteiger charge is -2.15. The van der Waals surface area contributed by atoms with Crippen LogP contribution in [-0.2, 0) is 23.3 Å². The number of aromatic nitrogens is 2. The van der Waals surface area contributed by atoms with Crippen LogP contribution in [-0.4, -0.2) is 42.5 Å². The Balaban J connectivity index is 1.80. The number of anilines is 1. The second-order valence-electron chi connectivity index (χ2n) is 6.11. The van der Waals surface area contributed by atoms with Crippen molar-refractivity contribution < 1.29 is 13.3 Å². The SMILES string of the molecule is Cn1cc(CC2CCN(c3sc(S(C)(=O)=O)cc3[N+](=O)[O-])C2)cn1. The summed E-state index contributed by atoms with van der Waals surface area (Å²) >= 11 is 0.984. The fourth-order valence-electron chi connectivity index (χ4n) is 2.98. The molecular formula is C14H18N4O4S2. The van der Waals surface area contributed by atoms with Gasteiger partial charge in [0.15, 0.2) is 14.8 Å². The van der Waals surface area contributed by atoms with Gasteiger partial charge in [-0.25, -0.2) is 8.42 Å². The molecule has 1 saturated heterocycles. The zero-order valence-electron chi connectivity index (χ0n) is 13.4. The topological polar surface area (TPSA) is 98.3 Å². The number of rotatable bonds is 5. The van der Waals surface area contributed by atoms with Crippen molar-refractivity contribution in [1.82, 2.24) is 9.78 Å². The molecule has 3 heterocycles. The minimum atomic E-state index is -3.45. The first-order valence-corrected chi connectivity index (χ1v) is 10.2. The highest BCUT2D eigenvalue weighted by Crippen LogP contribution is 2.42. The third kappa shape index (κ3) is 3.44. The van der Waals surface area contributed by atoms with Crippen molar-refractivity contribution >= 4 is 31.9 Å². The number of nitrogens with zero attached hydrogens (tertiary/aromatic N) is 4. The molecular weight excluding hydrogens is 352 g/mol. The molecule has 0 bridgehead atoms. The zero-order valence-corrected chi connectivity index (χ0v) is 15.0. The van der Waals surface area contributed by atoms with Gasteiger partial charge in [0.1, 0.15) is 4.21 Å². The summed E-state index contributed by atoms with van der Waals surface area (Å²) < 4.78 is 25.2.